The van der Waals surface area contributed by atoms with E-state index >= 15 is 0 Å². The van der Waals surface area contributed by atoms with E-state index in [9.17, 15) is 4.79 Å². The third-order valence-electron chi connectivity index (χ3n) is 4.60. The van der Waals surface area contributed by atoms with Crippen molar-refractivity contribution >= 4 is 11.7 Å². The van der Waals surface area contributed by atoms with Crippen molar-refractivity contribution in [3.63, 3.8) is 0 Å². The van der Waals surface area contributed by atoms with E-state index in [-0.39, 0.29) is 23.2 Å². The van der Waals surface area contributed by atoms with Crippen molar-refractivity contribution in [1.82, 2.24) is 24.9 Å². The lowest BCUT2D eigenvalue weighted by Gasteiger charge is -2.17. The third-order valence-corrected chi connectivity index (χ3v) is 4.60. The van der Waals surface area contributed by atoms with Crippen LogP contribution in [0.5, 0.6) is 0 Å². The van der Waals surface area contributed by atoms with Gasteiger partial charge >= 0.3 is 0 Å². The zero-order chi connectivity index (χ0) is 18.2. The Bertz CT molecular complexity index is 754. The maximum Gasteiger partial charge on any atom is 0.230 e. The molecule has 3 heterocycles. The molecule has 136 valence electrons. The molecular formula is C18H28N6O. The van der Waals surface area contributed by atoms with Gasteiger partial charge in [-0.15, -0.1) is 0 Å². The number of rotatable bonds is 4. The number of hydrogen-bond donors (Lipinski definition) is 2. The second kappa shape index (κ2) is 6.63. The van der Waals surface area contributed by atoms with Crippen molar-refractivity contribution in [3.05, 3.63) is 29.7 Å². The minimum absolute atomic E-state index is 0.0316. The van der Waals surface area contributed by atoms with Gasteiger partial charge in [-0.2, -0.15) is 10.2 Å². The number of aryl methyl sites for hydroxylation is 2. The van der Waals surface area contributed by atoms with E-state index in [1.165, 1.54) is 0 Å². The first kappa shape index (κ1) is 17.7. The van der Waals surface area contributed by atoms with Gasteiger partial charge in [-0.1, -0.05) is 20.8 Å². The Kier molecular flexibility index (Phi) is 4.69. The Morgan fingerprint density at radius 2 is 2.12 bits per heavy atom. The smallest absolute Gasteiger partial charge is 0.230 e. The van der Waals surface area contributed by atoms with Crippen molar-refractivity contribution in [3.8, 4) is 0 Å². The fraction of sp³-hybridized carbons (Fsp3) is 0.611. The quantitative estimate of drug-likeness (QED) is 0.885. The Morgan fingerprint density at radius 3 is 2.76 bits per heavy atom. The Morgan fingerprint density at radius 1 is 1.36 bits per heavy atom. The van der Waals surface area contributed by atoms with Gasteiger partial charge in [0, 0.05) is 45.4 Å². The molecular weight excluding hydrogens is 316 g/mol. The SMILES string of the molecule is Cn1cc([C@H]2CNC[C@@H]2C(=O)Nc2cc(CC(C)(C)C)nn2C)cn1. The predicted molar refractivity (Wildman–Crippen MR) is 97.3 cm³/mol. The molecule has 0 aliphatic carbocycles. The average Bonchev–Trinajstić information content (AvgIpc) is 3.18. The first-order chi connectivity index (χ1) is 11.7. The van der Waals surface area contributed by atoms with Crippen LogP contribution in [0.1, 0.15) is 37.9 Å². The third kappa shape index (κ3) is 4.10. The molecule has 1 saturated heterocycles. The molecule has 0 aromatic carbocycles. The van der Waals surface area contributed by atoms with Gasteiger partial charge in [0.1, 0.15) is 5.82 Å². The van der Waals surface area contributed by atoms with Crippen LogP contribution in [-0.4, -0.2) is 38.6 Å². The molecule has 0 radical (unpaired) electrons. The zero-order valence-corrected chi connectivity index (χ0v) is 15.7. The molecule has 0 bridgehead atoms. The summed E-state index contributed by atoms with van der Waals surface area (Å²) in [5, 5.41) is 15.1. The number of amides is 1. The van der Waals surface area contributed by atoms with Gasteiger partial charge in [-0.3, -0.25) is 14.2 Å². The highest BCUT2D eigenvalue weighted by molar-refractivity contribution is 5.93. The van der Waals surface area contributed by atoms with Crippen LogP contribution in [-0.2, 0) is 25.3 Å². The van der Waals surface area contributed by atoms with Gasteiger partial charge in [-0.05, 0) is 17.4 Å². The molecule has 2 N–H and O–H groups in total. The van der Waals surface area contributed by atoms with Crippen LogP contribution in [0.15, 0.2) is 18.5 Å². The second-order valence-electron chi connectivity index (χ2n) is 8.19. The summed E-state index contributed by atoms with van der Waals surface area (Å²) in [7, 11) is 3.76. The minimum atomic E-state index is -0.106. The zero-order valence-electron chi connectivity index (χ0n) is 15.7. The summed E-state index contributed by atoms with van der Waals surface area (Å²) in [5.74, 6) is 0.825. The molecule has 7 nitrogen and oxygen atoms in total. The monoisotopic (exact) mass is 344 g/mol. The molecule has 25 heavy (non-hydrogen) atoms. The molecule has 2 atom stereocenters. The first-order valence-electron chi connectivity index (χ1n) is 8.76. The molecule has 2 aromatic heterocycles. The Balaban J connectivity index is 1.71. The van der Waals surface area contributed by atoms with E-state index in [0.717, 1.165) is 30.0 Å². The lowest BCUT2D eigenvalue weighted by molar-refractivity contribution is -0.119. The summed E-state index contributed by atoms with van der Waals surface area (Å²) < 4.78 is 3.53. The topological polar surface area (TPSA) is 76.8 Å². The number of carbonyl (C=O) groups excluding carboxylic acids is 1. The number of nitrogens with zero attached hydrogens (tertiary/aromatic N) is 4. The molecule has 1 fully saturated rings. The molecule has 2 aromatic rings. The van der Waals surface area contributed by atoms with E-state index in [2.05, 4.69) is 41.6 Å². The highest BCUT2D eigenvalue weighted by atomic mass is 16.2. The molecule has 0 unspecified atom stereocenters. The largest absolute Gasteiger partial charge is 0.315 e. The van der Waals surface area contributed by atoms with Gasteiger partial charge in [-0.25, -0.2) is 0 Å². The van der Waals surface area contributed by atoms with Crippen LogP contribution >= 0.6 is 0 Å². The summed E-state index contributed by atoms with van der Waals surface area (Å²) >= 11 is 0. The lowest BCUT2D eigenvalue weighted by Crippen LogP contribution is -2.28. The van der Waals surface area contributed by atoms with Gasteiger partial charge < -0.3 is 10.6 Å². The van der Waals surface area contributed by atoms with Crippen molar-refractivity contribution in [2.45, 2.75) is 33.1 Å². The summed E-state index contributed by atoms with van der Waals surface area (Å²) in [6.07, 6.45) is 4.72. The van der Waals surface area contributed by atoms with E-state index in [1.807, 2.05) is 32.6 Å². The van der Waals surface area contributed by atoms with E-state index in [1.54, 1.807) is 9.36 Å². The predicted octanol–water partition coefficient (Wildman–Crippen LogP) is 1.68. The molecule has 1 aliphatic heterocycles. The van der Waals surface area contributed by atoms with Gasteiger partial charge in [0.05, 0.1) is 17.8 Å². The van der Waals surface area contributed by atoms with E-state index in [0.29, 0.717) is 6.54 Å². The number of hydrogen-bond acceptors (Lipinski definition) is 4. The summed E-state index contributed by atoms with van der Waals surface area (Å²) in [6.45, 7) is 8.02. The molecule has 7 heteroatoms. The van der Waals surface area contributed by atoms with E-state index < -0.39 is 0 Å². The molecule has 0 spiro atoms. The molecule has 1 amide bonds. The second-order valence-corrected chi connectivity index (χ2v) is 8.19. The van der Waals surface area contributed by atoms with Crippen molar-refractivity contribution in [1.29, 1.82) is 0 Å². The maximum atomic E-state index is 12.8. The van der Waals surface area contributed by atoms with Crippen molar-refractivity contribution in [2.75, 3.05) is 18.4 Å². The first-order valence-corrected chi connectivity index (χ1v) is 8.76. The molecule has 0 saturated carbocycles. The van der Waals surface area contributed by atoms with Crippen LogP contribution in [0, 0.1) is 11.3 Å². The summed E-state index contributed by atoms with van der Waals surface area (Å²) in [6, 6.07) is 1.98. The normalized spacial score (nSPS) is 20.8. The number of carbonyl (C=O) groups is 1. The Labute approximate surface area is 148 Å². The van der Waals surface area contributed by atoms with Crippen LogP contribution in [0.2, 0.25) is 0 Å². The van der Waals surface area contributed by atoms with Crippen LogP contribution in [0.25, 0.3) is 0 Å². The minimum Gasteiger partial charge on any atom is -0.315 e. The Hall–Kier alpha value is -2.15. The number of anilines is 1. The standard InChI is InChI=1S/C18H28N6O/c1-18(2,3)7-13-6-16(24(5)22-13)21-17(25)15-10-19-9-14(15)12-8-20-23(4)11-12/h6,8,11,14-15,19H,7,9-10H2,1-5H3,(H,21,25)/t14-,15+/m1/s1. The fourth-order valence-corrected chi connectivity index (χ4v) is 3.43. The molecule has 1 aliphatic rings. The summed E-state index contributed by atoms with van der Waals surface area (Å²) in [5.41, 5.74) is 2.26. The van der Waals surface area contributed by atoms with Gasteiger partial charge in [0.15, 0.2) is 0 Å². The summed E-state index contributed by atoms with van der Waals surface area (Å²) in [4.78, 5) is 12.8. The lowest BCUT2D eigenvalue weighted by atomic mass is 9.90. The number of nitrogens with one attached hydrogen (secondary N) is 2. The van der Waals surface area contributed by atoms with Crippen LogP contribution in [0.3, 0.4) is 0 Å². The molecule has 3 rings (SSSR count). The van der Waals surface area contributed by atoms with Crippen LogP contribution < -0.4 is 10.6 Å². The highest BCUT2D eigenvalue weighted by Crippen LogP contribution is 2.29. The van der Waals surface area contributed by atoms with Crippen molar-refractivity contribution in [2.24, 2.45) is 25.4 Å². The van der Waals surface area contributed by atoms with Crippen molar-refractivity contribution < 1.29 is 4.79 Å². The van der Waals surface area contributed by atoms with Gasteiger partial charge in [0.2, 0.25) is 5.91 Å². The number of aromatic nitrogens is 4. The highest BCUT2D eigenvalue weighted by Gasteiger charge is 2.35. The van der Waals surface area contributed by atoms with Gasteiger partial charge in [0.25, 0.3) is 0 Å². The van der Waals surface area contributed by atoms with Crippen LogP contribution in [0.4, 0.5) is 5.82 Å². The van der Waals surface area contributed by atoms with E-state index in [4.69, 9.17) is 0 Å². The fourth-order valence-electron chi connectivity index (χ4n) is 3.43. The maximum absolute atomic E-state index is 12.8. The average molecular weight is 344 g/mol.